The van der Waals surface area contributed by atoms with E-state index >= 15 is 0 Å². The molecule has 9 nitrogen and oxygen atoms in total. The second kappa shape index (κ2) is 9.47. The van der Waals surface area contributed by atoms with Crippen LogP contribution in [0.5, 0.6) is 0 Å². The summed E-state index contributed by atoms with van der Waals surface area (Å²) in [6.45, 7) is 8.49. The van der Waals surface area contributed by atoms with E-state index in [0.717, 1.165) is 50.6 Å². The molecule has 158 valence electrons. The molecular weight excluding hydrogens is 392 g/mol. The Bertz CT molecular complexity index is 1130. The van der Waals surface area contributed by atoms with Crippen molar-refractivity contribution in [3.05, 3.63) is 64.5 Å². The van der Waals surface area contributed by atoms with E-state index in [0.29, 0.717) is 17.2 Å². The van der Waals surface area contributed by atoms with E-state index in [-0.39, 0.29) is 5.56 Å². The summed E-state index contributed by atoms with van der Waals surface area (Å²) in [7, 11) is 0. The summed E-state index contributed by atoms with van der Waals surface area (Å²) < 4.78 is 0. The Labute approximate surface area is 180 Å². The van der Waals surface area contributed by atoms with Crippen molar-refractivity contribution in [2.24, 2.45) is 0 Å². The molecule has 2 N–H and O–H groups in total. The second-order valence-electron chi connectivity index (χ2n) is 7.38. The topological polar surface area (TPSA) is 114 Å². The summed E-state index contributed by atoms with van der Waals surface area (Å²) in [6.07, 6.45) is 4.94. The summed E-state index contributed by atoms with van der Waals surface area (Å²) in [5.41, 5.74) is 2.68. The number of rotatable bonds is 6. The van der Waals surface area contributed by atoms with Crippen LogP contribution in [0.2, 0.25) is 0 Å². The second-order valence-corrected chi connectivity index (χ2v) is 7.38. The van der Waals surface area contributed by atoms with Crippen molar-refractivity contribution in [1.82, 2.24) is 29.7 Å². The number of pyridine rings is 2. The van der Waals surface area contributed by atoms with Crippen LogP contribution in [0.15, 0.2) is 47.7 Å². The first-order valence-corrected chi connectivity index (χ1v) is 10.3. The van der Waals surface area contributed by atoms with Gasteiger partial charge < -0.3 is 15.2 Å². The number of hydrogen-bond donors (Lipinski definition) is 2. The smallest absolute Gasteiger partial charge is 0.265 e. The Morgan fingerprint density at radius 3 is 2.68 bits per heavy atom. The van der Waals surface area contributed by atoms with E-state index in [9.17, 15) is 4.79 Å². The molecule has 4 rings (SSSR count). The van der Waals surface area contributed by atoms with Gasteiger partial charge in [-0.05, 0) is 30.8 Å². The Morgan fingerprint density at radius 1 is 1.16 bits per heavy atom. The standard InChI is InChI=1S/C22H24N8O/c1-2-29-7-9-30(10-8-29)15-19-4-3-18(14-25-19)27-22-24-6-5-20(28-22)17-11-16(12-23)21(31)26-13-17/h3-6,11,13-14H,2,7-10,15H2,1H3,(H,26,31)(H,24,27,28). The quantitative estimate of drug-likeness (QED) is 0.627. The van der Waals surface area contributed by atoms with Gasteiger partial charge in [0.1, 0.15) is 11.6 Å². The fraction of sp³-hybridized carbons (Fsp3) is 0.318. The van der Waals surface area contributed by atoms with Crippen LogP contribution in [0, 0.1) is 11.3 Å². The number of likely N-dealkylation sites (N-methyl/N-ethyl adjacent to an activating group) is 1. The van der Waals surface area contributed by atoms with Crippen LogP contribution < -0.4 is 10.9 Å². The van der Waals surface area contributed by atoms with Crippen LogP contribution in [0.1, 0.15) is 18.2 Å². The van der Waals surface area contributed by atoms with E-state index in [1.165, 1.54) is 12.3 Å². The Kier molecular flexibility index (Phi) is 6.31. The van der Waals surface area contributed by atoms with Crippen LogP contribution >= 0.6 is 0 Å². The SMILES string of the molecule is CCN1CCN(Cc2ccc(Nc3nccc(-c4c[nH]c(=O)c(C#N)c4)n3)cn2)CC1. The van der Waals surface area contributed by atoms with Crippen molar-refractivity contribution in [3.63, 3.8) is 0 Å². The molecule has 0 amide bonds. The molecule has 3 aromatic rings. The maximum absolute atomic E-state index is 11.6. The minimum Gasteiger partial charge on any atom is -0.327 e. The van der Waals surface area contributed by atoms with Crippen LogP contribution in [-0.2, 0) is 6.54 Å². The first-order chi connectivity index (χ1) is 15.1. The number of nitrogens with zero attached hydrogens (tertiary/aromatic N) is 6. The fourth-order valence-corrected chi connectivity index (χ4v) is 3.51. The van der Waals surface area contributed by atoms with Gasteiger partial charge in [-0.25, -0.2) is 9.97 Å². The van der Waals surface area contributed by atoms with E-state index in [1.807, 2.05) is 18.2 Å². The molecule has 0 spiro atoms. The number of aromatic amines is 1. The van der Waals surface area contributed by atoms with Gasteiger partial charge in [-0.15, -0.1) is 0 Å². The molecule has 1 aliphatic heterocycles. The lowest BCUT2D eigenvalue weighted by atomic mass is 10.1. The van der Waals surface area contributed by atoms with Crippen LogP contribution in [0.3, 0.4) is 0 Å². The summed E-state index contributed by atoms with van der Waals surface area (Å²) in [6, 6.07) is 9.10. The lowest BCUT2D eigenvalue weighted by Crippen LogP contribution is -2.45. The van der Waals surface area contributed by atoms with Crippen molar-refractivity contribution in [2.75, 3.05) is 38.0 Å². The predicted octanol–water partition coefficient (Wildman–Crippen LogP) is 1.98. The number of nitriles is 1. The van der Waals surface area contributed by atoms with E-state index in [4.69, 9.17) is 5.26 Å². The largest absolute Gasteiger partial charge is 0.327 e. The molecule has 9 heteroatoms. The maximum atomic E-state index is 11.6. The van der Waals surface area contributed by atoms with Crippen molar-refractivity contribution in [1.29, 1.82) is 5.26 Å². The molecular formula is C22H24N8O. The van der Waals surface area contributed by atoms with Gasteiger partial charge in [0.05, 0.1) is 23.3 Å². The molecule has 1 fully saturated rings. The number of hydrogen-bond acceptors (Lipinski definition) is 8. The number of nitrogens with one attached hydrogen (secondary N) is 2. The van der Waals surface area contributed by atoms with Crippen molar-refractivity contribution in [2.45, 2.75) is 13.5 Å². The van der Waals surface area contributed by atoms with E-state index < -0.39 is 5.56 Å². The van der Waals surface area contributed by atoms with Crippen molar-refractivity contribution >= 4 is 11.6 Å². The highest BCUT2D eigenvalue weighted by atomic mass is 16.1. The van der Waals surface area contributed by atoms with Crippen LogP contribution in [0.4, 0.5) is 11.6 Å². The van der Waals surface area contributed by atoms with E-state index in [2.05, 4.69) is 42.0 Å². The average Bonchev–Trinajstić information content (AvgIpc) is 2.81. The average molecular weight is 416 g/mol. The zero-order valence-electron chi connectivity index (χ0n) is 17.4. The molecule has 0 saturated carbocycles. The number of piperazine rings is 1. The van der Waals surface area contributed by atoms with Gasteiger partial charge in [0.15, 0.2) is 0 Å². The summed E-state index contributed by atoms with van der Waals surface area (Å²) in [5, 5.41) is 12.2. The van der Waals surface area contributed by atoms with Gasteiger partial charge in [-0.3, -0.25) is 14.7 Å². The Morgan fingerprint density at radius 2 is 1.97 bits per heavy atom. The molecule has 31 heavy (non-hydrogen) atoms. The Hall–Kier alpha value is -3.61. The monoisotopic (exact) mass is 416 g/mol. The third kappa shape index (κ3) is 5.12. The van der Waals surface area contributed by atoms with Crippen LogP contribution in [-0.4, -0.2) is 62.5 Å². The Balaban J connectivity index is 1.41. The normalized spacial score (nSPS) is 14.8. The molecule has 3 aromatic heterocycles. The highest BCUT2D eigenvalue weighted by Gasteiger charge is 2.15. The molecule has 4 heterocycles. The van der Waals surface area contributed by atoms with Crippen molar-refractivity contribution in [3.8, 4) is 17.3 Å². The van der Waals surface area contributed by atoms with Gasteiger partial charge in [-0.1, -0.05) is 6.92 Å². The maximum Gasteiger partial charge on any atom is 0.265 e. The summed E-state index contributed by atoms with van der Waals surface area (Å²) >= 11 is 0. The molecule has 0 unspecified atom stereocenters. The van der Waals surface area contributed by atoms with Crippen molar-refractivity contribution < 1.29 is 0 Å². The number of H-pyrrole nitrogens is 1. The predicted molar refractivity (Wildman–Crippen MR) is 118 cm³/mol. The highest BCUT2D eigenvalue weighted by molar-refractivity contribution is 5.62. The first kappa shape index (κ1) is 20.7. The third-order valence-electron chi connectivity index (χ3n) is 5.35. The lowest BCUT2D eigenvalue weighted by Gasteiger charge is -2.33. The van der Waals surface area contributed by atoms with Gasteiger partial charge in [0.2, 0.25) is 5.95 Å². The molecule has 0 aromatic carbocycles. The third-order valence-corrected chi connectivity index (χ3v) is 5.35. The zero-order valence-corrected chi connectivity index (χ0v) is 17.4. The molecule has 1 aliphatic rings. The minimum atomic E-state index is -0.419. The minimum absolute atomic E-state index is 0.0431. The summed E-state index contributed by atoms with van der Waals surface area (Å²) in [4.78, 5) is 32.3. The lowest BCUT2D eigenvalue weighted by molar-refractivity contribution is 0.131. The van der Waals surface area contributed by atoms with E-state index in [1.54, 1.807) is 18.5 Å². The van der Waals surface area contributed by atoms with Gasteiger partial charge in [0, 0.05) is 50.7 Å². The first-order valence-electron chi connectivity index (χ1n) is 10.3. The zero-order chi connectivity index (χ0) is 21.6. The van der Waals surface area contributed by atoms with Gasteiger partial charge in [0.25, 0.3) is 5.56 Å². The summed E-state index contributed by atoms with van der Waals surface area (Å²) in [5.74, 6) is 0.410. The molecule has 1 saturated heterocycles. The molecule has 0 radical (unpaired) electrons. The number of aromatic nitrogens is 4. The fourth-order valence-electron chi connectivity index (χ4n) is 3.51. The van der Waals surface area contributed by atoms with Gasteiger partial charge in [-0.2, -0.15) is 5.26 Å². The molecule has 0 atom stereocenters. The van der Waals surface area contributed by atoms with Gasteiger partial charge >= 0.3 is 0 Å². The molecule has 0 bridgehead atoms. The highest BCUT2D eigenvalue weighted by Crippen LogP contribution is 2.19. The number of anilines is 2. The van der Waals surface area contributed by atoms with Crippen LogP contribution in [0.25, 0.3) is 11.3 Å². The molecule has 0 aliphatic carbocycles.